The molecule has 0 unspecified atom stereocenters. The third kappa shape index (κ3) is 2.58. The first kappa shape index (κ1) is 10.7. The van der Waals surface area contributed by atoms with E-state index < -0.39 is 0 Å². The lowest BCUT2D eigenvalue weighted by molar-refractivity contribution is -0.0312. The Balaban J connectivity index is 2.03. The predicted octanol–water partition coefficient (Wildman–Crippen LogP) is 2.07. The molecule has 82 valence electrons. The molecular weight excluding hydrogens is 186 g/mol. The van der Waals surface area contributed by atoms with Crippen LogP contribution in [0, 0.1) is 5.92 Å². The van der Waals surface area contributed by atoms with Gasteiger partial charge in [-0.25, -0.2) is 0 Å². The fraction of sp³-hybridized carbons (Fsp3) is 0.538. The Morgan fingerprint density at radius 3 is 2.27 bits per heavy atom. The van der Waals surface area contributed by atoms with E-state index >= 15 is 0 Å². The van der Waals surface area contributed by atoms with E-state index in [4.69, 9.17) is 10.5 Å². The lowest BCUT2D eigenvalue weighted by atomic mass is 9.92. The highest BCUT2D eigenvalue weighted by Crippen LogP contribution is 2.20. The van der Waals surface area contributed by atoms with Crippen molar-refractivity contribution in [3.05, 3.63) is 35.4 Å². The second-order valence-electron chi connectivity index (χ2n) is 5.03. The molecule has 0 atom stereocenters. The highest BCUT2D eigenvalue weighted by molar-refractivity contribution is 5.27. The third-order valence-corrected chi connectivity index (χ3v) is 2.93. The van der Waals surface area contributed by atoms with Crippen LogP contribution in [0.1, 0.15) is 25.0 Å². The van der Waals surface area contributed by atoms with Gasteiger partial charge in [0.05, 0.1) is 13.2 Å². The summed E-state index contributed by atoms with van der Waals surface area (Å²) in [6, 6.07) is 8.63. The van der Waals surface area contributed by atoms with Gasteiger partial charge in [0.1, 0.15) is 0 Å². The lowest BCUT2D eigenvalue weighted by Crippen LogP contribution is -2.30. The average Bonchev–Trinajstić information content (AvgIpc) is 2.11. The van der Waals surface area contributed by atoms with Crippen LogP contribution in [0.2, 0.25) is 0 Å². The molecule has 1 aromatic rings. The van der Waals surface area contributed by atoms with Crippen molar-refractivity contribution in [2.45, 2.75) is 25.8 Å². The Hall–Kier alpha value is -0.860. The van der Waals surface area contributed by atoms with Gasteiger partial charge >= 0.3 is 0 Å². The van der Waals surface area contributed by atoms with Crippen LogP contribution < -0.4 is 5.73 Å². The fourth-order valence-electron chi connectivity index (χ4n) is 1.81. The summed E-state index contributed by atoms with van der Waals surface area (Å²) in [5.74, 6) is 0.724. The molecule has 0 aliphatic carbocycles. The summed E-state index contributed by atoms with van der Waals surface area (Å²) < 4.78 is 5.17. The van der Waals surface area contributed by atoms with Crippen LogP contribution in [-0.2, 0) is 16.7 Å². The van der Waals surface area contributed by atoms with Crippen LogP contribution in [0.5, 0.6) is 0 Å². The molecule has 1 aliphatic heterocycles. The zero-order valence-electron chi connectivity index (χ0n) is 9.49. The maximum atomic E-state index is 6.03. The molecule has 1 aromatic carbocycles. The SMILES string of the molecule is CC(C)(N)c1ccc(CC2COC2)cc1. The molecule has 0 saturated carbocycles. The van der Waals surface area contributed by atoms with Crippen LogP contribution in [0.15, 0.2) is 24.3 Å². The first-order valence-corrected chi connectivity index (χ1v) is 5.52. The molecule has 2 rings (SSSR count). The van der Waals surface area contributed by atoms with Crippen LogP contribution in [0.25, 0.3) is 0 Å². The summed E-state index contributed by atoms with van der Waals surface area (Å²) in [6.45, 7) is 5.90. The Labute approximate surface area is 91.4 Å². The van der Waals surface area contributed by atoms with Crippen LogP contribution in [0.3, 0.4) is 0 Å². The van der Waals surface area contributed by atoms with Gasteiger partial charge in [-0.05, 0) is 31.4 Å². The number of hydrogen-bond donors (Lipinski definition) is 1. The highest BCUT2D eigenvalue weighted by Gasteiger charge is 2.19. The Bertz CT molecular complexity index is 319. The summed E-state index contributed by atoms with van der Waals surface area (Å²) in [6.07, 6.45) is 1.13. The molecule has 1 saturated heterocycles. The predicted molar refractivity (Wildman–Crippen MR) is 61.7 cm³/mol. The monoisotopic (exact) mass is 205 g/mol. The largest absolute Gasteiger partial charge is 0.381 e. The van der Waals surface area contributed by atoms with E-state index in [1.807, 2.05) is 13.8 Å². The Morgan fingerprint density at radius 1 is 1.27 bits per heavy atom. The van der Waals surface area contributed by atoms with Crippen molar-refractivity contribution in [1.82, 2.24) is 0 Å². The molecule has 0 aromatic heterocycles. The van der Waals surface area contributed by atoms with Gasteiger partial charge in [-0.3, -0.25) is 0 Å². The molecule has 0 spiro atoms. The van der Waals surface area contributed by atoms with E-state index in [2.05, 4.69) is 24.3 Å². The summed E-state index contributed by atoms with van der Waals surface area (Å²) in [5, 5.41) is 0. The fourth-order valence-corrected chi connectivity index (χ4v) is 1.81. The molecule has 0 radical (unpaired) electrons. The van der Waals surface area contributed by atoms with Crippen molar-refractivity contribution < 1.29 is 4.74 Å². The van der Waals surface area contributed by atoms with Crippen molar-refractivity contribution in [2.75, 3.05) is 13.2 Å². The van der Waals surface area contributed by atoms with Gasteiger partial charge in [0, 0.05) is 11.5 Å². The van der Waals surface area contributed by atoms with Crippen LogP contribution in [-0.4, -0.2) is 13.2 Å². The number of benzene rings is 1. The molecule has 15 heavy (non-hydrogen) atoms. The van der Waals surface area contributed by atoms with E-state index in [9.17, 15) is 0 Å². The van der Waals surface area contributed by atoms with E-state index in [1.165, 1.54) is 11.1 Å². The quantitative estimate of drug-likeness (QED) is 0.820. The third-order valence-electron chi connectivity index (χ3n) is 2.93. The number of rotatable bonds is 3. The van der Waals surface area contributed by atoms with Crippen LogP contribution >= 0.6 is 0 Å². The first-order chi connectivity index (χ1) is 7.05. The van der Waals surface area contributed by atoms with E-state index in [0.29, 0.717) is 0 Å². The average molecular weight is 205 g/mol. The topological polar surface area (TPSA) is 35.2 Å². The normalized spacial score (nSPS) is 17.5. The Kier molecular flexibility index (Phi) is 2.81. The lowest BCUT2D eigenvalue weighted by Gasteiger charge is -2.26. The molecule has 2 heteroatoms. The smallest absolute Gasteiger partial charge is 0.0519 e. The molecular formula is C13H19NO. The Morgan fingerprint density at radius 2 is 1.87 bits per heavy atom. The zero-order chi connectivity index (χ0) is 10.9. The van der Waals surface area contributed by atoms with E-state index in [-0.39, 0.29) is 5.54 Å². The molecule has 2 nitrogen and oxygen atoms in total. The summed E-state index contributed by atoms with van der Waals surface area (Å²) >= 11 is 0. The van der Waals surface area contributed by atoms with Gasteiger partial charge in [-0.2, -0.15) is 0 Å². The minimum Gasteiger partial charge on any atom is -0.381 e. The summed E-state index contributed by atoms with van der Waals surface area (Å²) in [7, 11) is 0. The van der Waals surface area contributed by atoms with Crippen LogP contribution in [0.4, 0.5) is 0 Å². The molecule has 1 fully saturated rings. The van der Waals surface area contributed by atoms with Gasteiger partial charge in [0.2, 0.25) is 0 Å². The second-order valence-corrected chi connectivity index (χ2v) is 5.03. The van der Waals surface area contributed by atoms with Crippen molar-refractivity contribution >= 4 is 0 Å². The number of hydrogen-bond acceptors (Lipinski definition) is 2. The van der Waals surface area contributed by atoms with Gasteiger partial charge in [0.25, 0.3) is 0 Å². The number of ether oxygens (including phenoxy) is 1. The molecule has 0 bridgehead atoms. The summed E-state index contributed by atoms with van der Waals surface area (Å²) in [5.41, 5.74) is 8.36. The number of nitrogens with two attached hydrogens (primary N) is 1. The van der Waals surface area contributed by atoms with Crippen molar-refractivity contribution in [2.24, 2.45) is 11.7 Å². The van der Waals surface area contributed by atoms with Gasteiger partial charge in [-0.1, -0.05) is 24.3 Å². The van der Waals surface area contributed by atoms with Crippen molar-refractivity contribution in [1.29, 1.82) is 0 Å². The van der Waals surface area contributed by atoms with Gasteiger partial charge in [-0.15, -0.1) is 0 Å². The summed E-state index contributed by atoms with van der Waals surface area (Å²) in [4.78, 5) is 0. The first-order valence-electron chi connectivity index (χ1n) is 5.52. The van der Waals surface area contributed by atoms with Gasteiger partial charge < -0.3 is 10.5 Å². The zero-order valence-corrected chi connectivity index (χ0v) is 9.49. The minimum absolute atomic E-state index is 0.238. The standard InChI is InChI=1S/C13H19NO/c1-13(2,14)12-5-3-10(4-6-12)7-11-8-15-9-11/h3-6,11H,7-9,14H2,1-2H3. The maximum Gasteiger partial charge on any atom is 0.0519 e. The maximum absolute atomic E-state index is 6.03. The van der Waals surface area contributed by atoms with E-state index in [0.717, 1.165) is 25.6 Å². The molecule has 2 N–H and O–H groups in total. The second kappa shape index (κ2) is 3.95. The molecule has 1 heterocycles. The molecule has 1 aliphatic rings. The minimum atomic E-state index is -0.238. The molecule has 0 amide bonds. The van der Waals surface area contributed by atoms with E-state index in [1.54, 1.807) is 0 Å². The van der Waals surface area contributed by atoms with Crippen molar-refractivity contribution in [3.63, 3.8) is 0 Å². The highest BCUT2D eigenvalue weighted by atomic mass is 16.5. The van der Waals surface area contributed by atoms with Gasteiger partial charge in [0.15, 0.2) is 0 Å². The van der Waals surface area contributed by atoms with Crippen molar-refractivity contribution in [3.8, 4) is 0 Å².